The Morgan fingerprint density at radius 1 is 0.857 bits per heavy atom. The van der Waals surface area contributed by atoms with Gasteiger partial charge >= 0.3 is 11.9 Å². The lowest BCUT2D eigenvalue weighted by Crippen LogP contribution is -2.39. The van der Waals surface area contributed by atoms with Crippen LogP contribution < -0.4 is 0 Å². The van der Waals surface area contributed by atoms with E-state index in [1.54, 1.807) is 13.8 Å². The summed E-state index contributed by atoms with van der Waals surface area (Å²) in [7, 11) is 0. The van der Waals surface area contributed by atoms with Crippen LogP contribution in [0.4, 0.5) is 0 Å². The SMILES string of the molecule is CC(C)O.O=C(O)[C@H](O)[C@@H](O)C(=O)O. The van der Waals surface area contributed by atoms with Crippen LogP contribution in [0.15, 0.2) is 0 Å². The van der Waals surface area contributed by atoms with Gasteiger partial charge in [0, 0.05) is 6.10 Å². The molecule has 2 atom stereocenters. The number of aliphatic hydroxyl groups excluding tert-OH is 3. The molecule has 0 aromatic carbocycles. The number of hydrogen-bond acceptors (Lipinski definition) is 5. The fourth-order valence-corrected chi connectivity index (χ4v) is 0.270. The second-order valence-electron chi connectivity index (χ2n) is 2.66. The maximum absolute atomic E-state index is 9.77. The van der Waals surface area contributed by atoms with Crippen molar-refractivity contribution in [1.29, 1.82) is 0 Å². The summed E-state index contributed by atoms with van der Waals surface area (Å²) in [5.41, 5.74) is 0. The van der Waals surface area contributed by atoms with Gasteiger partial charge in [0.15, 0.2) is 12.2 Å². The highest BCUT2D eigenvalue weighted by Crippen LogP contribution is 1.92. The molecule has 0 bridgehead atoms. The number of carboxylic acid groups (broad SMARTS) is 2. The zero-order valence-electron chi connectivity index (χ0n) is 7.78. The Labute approximate surface area is 80.2 Å². The van der Waals surface area contributed by atoms with E-state index in [0.29, 0.717) is 0 Å². The molecule has 0 saturated carbocycles. The first kappa shape index (κ1) is 15.3. The summed E-state index contributed by atoms with van der Waals surface area (Å²) < 4.78 is 0. The summed E-state index contributed by atoms with van der Waals surface area (Å²) >= 11 is 0. The van der Waals surface area contributed by atoms with E-state index in [9.17, 15) is 9.59 Å². The van der Waals surface area contributed by atoms with Crippen LogP contribution in [0.3, 0.4) is 0 Å². The predicted octanol–water partition coefficient (Wildman–Crippen LogP) is -1.74. The minimum absolute atomic E-state index is 0.167. The van der Waals surface area contributed by atoms with Gasteiger partial charge in [0.05, 0.1) is 0 Å². The second-order valence-corrected chi connectivity index (χ2v) is 2.66. The van der Waals surface area contributed by atoms with Crippen molar-refractivity contribution < 1.29 is 35.1 Å². The average Bonchev–Trinajstić information content (AvgIpc) is 2.00. The van der Waals surface area contributed by atoms with Crippen LogP contribution in [-0.2, 0) is 9.59 Å². The van der Waals surface area contributed by atoms with Gasteiger partial charge in [-0.2, -0.15) is 0 Å². The standard InChI is InChI=1S/C4H6O6.C3H8O/c5-1(3(7)8)2(6)4(9)10;1-3(2)4/h1-2,5-6H,(H,7,8)(H,9,10);3-4H,1-2H3/t1-,2-;/m1./s1. The highest BCUT2D eigenvalue weighted by atomic mass is 16.4. The summed E-state index contributed by atoms with van der Waals surface area (Å²) in [6, 6.07) is 0. The van der Waals surface area contributed by atoms with Crippen LogP contribution in [0.5, 0.6) is 0 Å². The van der Waals surface area contributed by atoms with Gasteiger partial charge in [0.2, 0.25) is 0 Å². The minimum atomic E-state index is -2.27. The first-order chi connectivity index (χ1) is 6.20. The molecule has 0 heterocycles. The lowest BCUT2D eigenvalue weighted by atomic mass is 10.2. The third kappa shape index (κ3) is 8.91. The van der Waals surface area contributed by atoms with Crippen molar-refractivity contribution in [3.8, 4) is 0 Å². The van der Waals surface area contributed by atoms with Gasteiger partial charge in [-0.1, -0.05) is 0 Å². The fourth-order valence-electron chi connectivity index (χ4n) is 0.270. The lowest BCUT2D eigenvalue weighted by Gasteiger charge is -2.07. The van der Waals surface area contributed by atoms with Gasteiger partial charge in [-0.25, -0.2) is 9.59 Å². The van der Waals surface area contributed by atoms with E-state index in [0.717, 1.165) is 0 Å². The van der Waals surface area contributed by atoms with Crippen LogP contribution in [0.25, 0.3) is 0 Å². The summed E-state index contributed by atoms with van der Waals surface area (Å²) in [5.74, 6) is -3.54. The number of hydrogen-bond donors (Lipinski definition) is 5. The van der Waals surface area contributed by atoms with Gasteiger partial charge in [-0.3, -0.25) is 0 Å². The van der Waals surface area contributed by atoms with E-state index < -0.39 is 24.1 Å². The van der Waals surface area contributed by atoms with Crippen LogP contribution >= 0.6 is 0 Å². The Kier molecular flexibility index (Phi) is 7.92. The topological polar surface area (TPSA) is 135 Å². The fraction of sp³-hybridized carbons (Fsp3) is 0.714. The second kappa shape index (κ2) is 7.25. The summed E-state index contributed by atoms with van der Waals surface area (Å²) in [6.45, 7) is 3.44. The smallest absolute Gasteiger partial charge is 0.335 e. The van der Waals surface area contributed by atoms with E-state index in [1.165, 1.54) is 0 Å². The van der Waals surface area contributed by atoms with Crippen LogP contribution in [-0.4, -0.2) is 55.8 Å². The summed E-state index contributed by atoms with van der Waals surface area (Å²) in [6.07, 6.45) is -4.70. The van der Waals surface area contributed by atoms with Crippen LogP contribution in [0.1, 0.15) is 13.8 Å². The Hall–Kier alpha value is -1.18. The molecule has 7 nitrogen and oxygen atoms in total. The molecule has 0 rings (SSSR count). The minimum Gasteiger partial charge on any atom is -0.479 e. The van der Waals surface area contributed by atoms with Crippen molar-refractivity contribution >= 4 is 11.9 Å². The molecule has 0 unspecified atom stereocenters. The van der Waals surface area contributed by atoms with Gasteiger partial charge < -0.3 is 25.5 Å². The van der Waals surface area contributed by atoms with Crippen molar-refractivity contribution in [3.63, 3.8) is 0 Å². The molecule has 0 amide bonds. The molecule has 14 heavy (non-hydrogen) atoms. The Morgan fingerprint density at radius 3 is 1.07 bits per heavy atom. The highest BCUT2D eigenvalue weighted by Gasteiger charge is 2.29. The number of carbonyl (C=O) groups is 2. The molecule has 5 N–H and O–H groups in total. The van der Waals surface area contributed by atoms with E-state index in [2.05, 4.69) is 0 Å². The van der Waals surface area contributed by atoms with Gasteiger partial charge in [-0.05, 0) is 13.8 Å². The molecule has 0 aromatic heterocycles. The molecule has 0 aliphatic carbocycles. The molecular formula is C7H14O7. The van der Waals surface area contributed by atoms with Gasteiger partial charge in [0.25, 0.3) is 0 Å². The third-order valence-corrected chi connectivity index (χ3v) is 0.805. The van der Waals surface area contributed by atoms with E-state index in [-0.39, 0.29) is 6.10 Å². The van der Waals surface area contributed by atoms with Crippen molar-refractivity contribution in [2.75, 3.05) is 0 Å². The molecule has 0 fully saturated rings. The van der Waals surface area contributed by atoms with E-state index >= 15 is 0 Å². The zero-order chi connectivity index (χ0) is 11.9. The first-order valence-corrected chi connectivity index (χ1v) is 3.70. The molecule has 0 aliphatic rings. The Morgan fingerprint density at radius 2 is 1.00 bits per heavy atom. The molecule has 7 heteroatoms. The molecule has 0 aliphatic heterocycles. The Bertz CT molecular complexity index is 168. The third-order valence-electron chi connectivity index (χ3n) is 0.805. The maximum Gasteiger partial charge on any atom is 0.335 e. The summed E-state index contributed by atoms with van der Waals surface area (Å²) in [5, 5.41) is 40.6. The van der Waals surface area contributed by atoms with Crippen molar-refractivity contribution in [3.05, 3.63) is 0 Å². The van der Waals surface area contributed by atoms with Gasteiger partial charge in [-0.15, -0.1) is 0 Å². The largest absolute Gasteiger partial charge is 0.479 e. The van der Waals surface area contributed by atoms with Crippen molar-refractivity contribution in [1.82, 2.24) is 0 Å². The molecule has 0 spiro atoms. The van der Waals surface area contributed by atoms with E-state index in [4.69, 9.17) is 25.5 Å². The number of aliphatic hydroxyl groups is 3. The maximum atomic E-state index is 9.77. The van der Waals surface area contributed by atoms with Crippen LogP contribution in [0, 0.1) is 0 Å². The summed E-state index contributed by atoms with van der Waals surface area (Å²) in [4.78, 5) is 19.5. The number of rotatable bonds is 3. The quantitative estimate of drug-likeness (QED) is 0.373. The first-order valence-electron chi connectivity index (χ1n) is 3.70. The molecule has 84 valence electrons. The van der Waals surface area contributed by atoms with Gasteiger partial charge in [0.1, 0.15) is 0 Å². The zero-order valence-corrected chi connectivity index (χ0v) is 7.78. The predicted molar refractivity (Wildman–Crippen MR) is 44.6 cm³/mol. The van der Waals surface area contributed by atoms with Crippen molar-refractivity contribution in [2.24, 2.45) is 0 Å². The highest BCUT2D eigenvalue weighted by molar-refractivity contribution is 5.82. The molecule has 0 aromatic rings. The normalized spacial score (nSPS) is 13.9. The number of aliphatic carboxylic acids is 2. The van der Waals surface area contributed by atoms with E-state index in [1.807, 2.05) is 0 Å². The Balaban J connectivity index is 0. The lowest BCUT2D eigenvalue weighted by molar-refractivity contribution is -0.165. The molecule has 0 saturated heterocycles. The van der Waals surface area contributed by atoms with Crippen LogP contribution in [0.2, 0.25) is 0 Å². The molecule has 0 radical (unpaired) electrons. The monoisotopic (exact) mass is 210 g/mol. The average molecular weight is 210 g/mol. The van der Waals surface area contributed by atoms with Crippen molar-refractivity contribution in [2.45, 2.75) is 32.2 Å². The number of carboxylic acids is 2. The molecular weight excluding hydrogens is 196 g/mol.